The molecule has 8 fully saturated rings. The third-order valence-corrected chi connectivity index (χ3v) is 20.5. The van der Waals surface area contributed by atoms with Crippen molar-refractivity contribution in [3.05, 3.63) is 0 Å². The summed E-state index contributed by atoms with van der Waals surface area (Å²) in [6.45, 7) is -2.52. The molecule has 8 aliphatic rings. The van der Waals surface area contributed by atoms with Gasteiger partial charge in [0.2, 0.25) is 29.5 Å². The number of hydrogen-bond acceptors (Lipinski definition) is 44. The van der Waals surface area contributed by atoms with Crippen molar-refractivity contribution >= 4 is 41.5 Å². The number of aliphatic hydroxyl groups is 22. The van der Waals surface area contributed by atoms with Gasteiger partial charge in [-0.1, -0.05) is 0 Å². The maximum Gasteiger partial charge on any atom is 0.364 e. The third kappa shape index (κ3) is 21.2. The van der Waals surface area contributed by atoms with Gasteiger partial charge in [-0.3, -0.25) is 24.0 Å². The summed E-state index contributed by atoms with van der Waals surface area (Å²) in [6.07, 6.45) is -78.2. The normalized spacial score (nSPS) is 44.9. The zero-order chi connectivity index (χ0) is 85.6. The van der Waals surface area contributed by atoms with E-state index in [9.17, 15) is 156 Å². The Labute approximate surface area is 650 Å². The first-order chi connectivity index (χ1) is 54.0. The molecule has 8 aliphatic heterocycles. The molecule has 8 saturated heterocycles. The van der Waals surface area contributed by atoms with Crippen LogP contribution >= 0.6 is 0 Å². The van der Waals surface area contributed by atoms with Crippen LogP contribution in [0.25, 0.3) is 0 Å². The Morgan fingerprint density at radius 3 is 1.17 bits per heavy atom. The summed E-state index contributed by atoms with van der Waals surface area (Å²) < 4.78 is 88.8. The molecule has 0 spiro atoms. The lowest BCUT2D eigenvalue weighted by Crippen LogP contribution is -2.72. The van der Waals surface area contributed by atoms with Crippen molar-refractivity contribution < 1.29 is 227 Å². The summed E-state index contributed by atoms with van der Waals surface area (Å²) in [6, 6.07) is -9.38. The number of hydrogen-bond donors (Lipinski definition) is 29. The molecule has 0 aromatic carbocycles. The largest absolute Gasteiger partial charge is 0.477 e. The van der Waals surface area contributed by atoms with Crippen LogP contribution in [0.15, 0.2) is 0 Å². The van der Waals surface area contributed by atoms with Gasteiger partial charge in [-0.25, -0.2) is 9.59 Å². The molecule has 115 heavy (non-hydrogen) atoms. The van der Waals surface area contributed by atoms with Crippen molar-refractivity contribution in [1.82, 2.24) is 26.6 Å². The maximum absolute atomic E-state index is 13.4. The molecule has 0 aromatic heterocycles. The van der Waals surface area contributed by atoms with E-state index >= 15 is 0 Å². The number of nitrogens with one attached hydrogen (secondary N) is 5. The molecule has 0 aromatic rings. The summed E-state index contributed by atoms with van der Waals surface area (Å²) in [4.78, 5) is 90.4. The van der Waals surface area contributed by atoms with Crippen molar-refractivity contribution in [3.8, 4) is 0 Å². The average molecular weight is 1680 g/mol. The van der Waals surface area contributed by atoms with Crippen LogP contribution in [0, 0.1) is 0 Å². The number of aliphatic hydroxyl groups excluding tert-OH is 22. The number of rotatable bonds is 32. The van der Waals surface area contributed by atoms with Crippen molar-refractivity contribution in [2.45, 2.75) is 311 Å². The van der Waals surface area contributed by atoms with Crippen molar-refractivity contribution in [2.24, 2.45) is 0 Å². The number of amides is 5. The van der Waals surface area contributed by atoms with E-state index in [4.69, 9.17) is 71.1 Å². The Bertz CT molecular complexity index is 3220. The van der Waals surface area contributed by atoms with E-state index in [1.807, 2.05) is 0 Å². The second-order valence-electron chi connectivity index (χ2n) is 28.9. The summed E-state index contributed by atoms with van der Waals surface area (Å²) in [5, 5.41) is 278. The standard InChI is InChI=1S/C64H105N5O46/c1-16-36(85)43(92)44(93)58(102-16)111-52-35(69-21(6)80)56(106-29(14-75)48(52)109-60-46(95)54(40(89)27(12-73)105-60)115-64(62(99)100)8-23(82)32(66-18(3)77)51(113-64)38(87)25(84)10-71)101-15-30-41(90)49(34(55(96)103-30)68-20(5)79)110-57-33(67-19(4)78)42(91)47(28(13-74)107-57)108-59-45(94)53(39(88)26(11-72)104-59)114-63(61(97)98)7-22(81)31(65-17(2)76)50(112-63)37(86)24(83)9-70/h16,22-60,70-75,81-96H,7-15H2,1-6H3,(H,65,76)(H,66,77)(H,67,78)(H,68,79)(H,69,80)(H,97,98)(H,99,100)/t16-,22-,23-,24+,25+,26+,27+,28+,29+,30+,31+,32+,33+,34+,35+,36+,37+,38+,39-,40-,41-,42+,43+,44-,45+,46+,47+,48+,49+,50+,51+,52+,53-,54-,55+,56+,57-,58-,59-,60-,63-,64-/m0/s1. The molecule has 8 heterocycles. The van der Waals surface area contributed by atoms with Gasteiger partial charge < -0.3 is 220 Å². The molecule has 51 nitrogen and oxygen atoms in total. The topological polar surface area (TPSA) is 804 Å². The van der Waals surface area contributed by atoms with Crippen LogP contribution in [0.3, 0.4) is 0 Å². The summed E-state index contributed by atoms with van der Waals surface area (Å²) in [5.41, 5.74) is 0. The fourth-order valence-electron chi connectivity index (χ4n) is 14.7. The van der Waals surface area contributed by atoms with E-state index in [2.05, 4.69) is 26.6 Å². The molecule has 29 N–H and O–H groups in total. The molecular formula is C64H105N5O46. The van der Waals surface area contributed by atoms with Crippen molar-refractivity contribution in [3.63, 3.8) is 0 Å². The summed E-state index contributed by atoms with van der Waals surface area (Å²) in [5.74, 6) is -15.6. The number of carbonyl (C=O) groups is 7. The lowest BCUT2D eigenvalue weighted by Gasteiger charge is -2.52. The minimum Gasteiger partial charge on any atom is -0.477 e. The van der Waals surface area contributed by atoms with Crippen LogP contribution in [0.4, 0.5) is 0 Å². The van der Waals surface area contributed by atoms with Crippen molar-refractivity contribution in [1.29, 1.82) is 0 Å². The Balaban J connectivity index is 1.07. The van der Waals surface area contributed by atoms with E-state index in [0.29, 0.717) is 0 Å². The summed E-state index contributed by atoms with van der Waals surface area (Å²) >= 11 is 0. The van der Waals surface area contributed by atoms with Gasteiger partial charge in [0, 0.05) is 47.5 Å². The van der Waals surface area contributed by atoms with Crippen LogP contribution in [0.1, 0.15) is 54.4 Å². The van der Waals surface area contributed by atoms with E-state index in [1.54, 1.807) is 0 Å². The first-order valence-electron chi connectivity index (χ1n) is 36.2. The predicted octanol–water partition coefficient (Wildman–Crippen LogP) is -18.3. The van der Waals surface area contributed by atoms with E-state index in [1.165, 1.54) is 6.92 Å². The highest BCUT2D eigenvalue weighted by molar-refractivity contribution is 5.78. The monoisotopic (exact) mass is 1680 g/mol. The van der Waals surface area contributed by atoms with Crippen LogP contribution in [0.5, 0.6) is 0 Å². The lowest BCUT2D eigenvalue weighted by molar-refractivity contribution is -0.392. The molecule has 662 valence electrons. The highest BCUT2D eigenvalue weighted by Crippen LogP contribution is 2.43. The van der Waals surface area contributed by atoms with Crippen LogP contribution in [0.2, 0.25) is 0 Å². The molecule has 0 unspecified atom stereocenters. The number of carboxylic acid groups (broad SMARTS) is 2. The Kier molecular flexibility index (Phi) is 33.5. The Morgan fingerprint density at radius 2 is 0.739 bits per heavy atom. The fourth-order valence-corrected chi connectivity index (χ4v) is 14.7. The smallest absolute Gasteiger partial charge is 0.364 e. The fraction of sp³-hybridized carbons (Fsp3) is 0.891. The van der Waals surface area contributed by atoms with E-state index in [0.717, 1.165) is 34.6 Å². The maximum atomic E-state index is 13.4. The van der Waals surface area contributed by atoms with E-state index < -0.39 is 357 Å². The zero-order valence-corrected chi connectivity index (χ0v) is 62.2. The molecule has 8 rings (SSSR count). The summed E-state index contributed by atoms with van der Waals surface area (Å²) in [7, 11) is 0. The van der Waals surface area contributed by atoms with Gasteiger partial charge in [0.05, 0.1) is 76.6 Å². The van der Waals surface area contributed by atoms with Crippen LogP contribution in [-0.2, 0) is 105 Å². The number of carboxylic acids is 2. The van der Waals surface area contributed by atoms with Gasteiger partial charge >= 0.3 is 11.9 Å². The highest BCUT2D eigenvalue weighted by Gasteiger charge is 2.64. The predicted molar refractivity (Wildman–Crippen MR) is 355 cm³/mol. The van der Waals surface area contributed by atoms with Crippen molar-refractivity contribution in [2.75, 3.05) is 46.2 Å². The molecule has 51 heteroatoms. The third-order valence-electron chi connectivity index (χ3n) is 20.5. The minimum absolute atomic E-state index is 0.866. The average Bonchev–Trinajstić information content (AvgIpc) is 0.759. The van der Waals surface area contributed by atoms with Crippen LogP contribution in [-0.4, -0.2) is 467 Å². The van der Waals surface area contributed by atoms with Crippen LogP contribution < -0.4 is 26.6 Å². The minimum atomic E-state index is -3.32. The first-order valence-corrected chi connectivity index (χ1v) is 36.2. The Morgan fingerprint density at radius 1 is 0.374 bits per heavy atom. The number of carbonyl (C=O) groups excluding carboxylic acids is 5. The van der Waals surface area contributed by atoms with E-state index in [-0.39, 0.29) is 0 Å². The second-order valence-corrected chi connectivity index (χ2v) is 28.9. The molecule has 0 saturated carbocycles. The van der Waals surface area contributed by atoms with Gasteiger partial charge in [-0.15, -0.1) is 0 Å². The van der Waals surface area contributed by atoms with Gasteiger partial charge in [0.1, 0.15) is 177 Å². The first kappa shape index (κ1) is 95.3. The van der Waals surface area contributed by atoms with Gasteiger partial charge in [-0.05, 0) is 6.92 Å². The SMILES string of the molecule is CC(=O)N[C@@H]1[C@@H](O[C@@H]2O[C@H](CO)[C@@H](O[C@@H]3O[C@H](CO)[C@H](O)[C@H](O[C@]4(C(=O)O)C[C@H](O)[C@@H](NC(C)=O)[C@H]([C@H](O)[C@H](O)CO)O4)[C@H]3O)[C@H](O)[C@H]2NC(C)=O)[C@@H](O)[C@@H](CO[C@@H]2O[C@H](CO)[C@@H](O[C@@H]3O[C@H](CO)[C@H](O)[C@H](O[C@]4(C(=O)O)C[C@H](O)[C@@H](NC(C)=O)[C@H]([C@H](O)[C@H](O)CO)O4)[C@H]3O)[C@H](O[C@@H]3O[C@@H](C)[C@@H](O)[C@@H](O)[C@@H]3O)[C@H]2NC(C)=O)O[C@H]1O. The molecule has 5 amide bonds. The van der Waals surface area contributed by atoms with Gasteiger partial charge in [0.15, 0.2) is 37.7 Å². The number of ether oxygens (including phenoxy) is 15. The van der Waals surface area contributed by atoms with Gasteiger partial charge in [-0.2, -0.15) is 0 Å². The quantitative estimate of drug-likeness (QED) is 0.0297. The Hall–Kier alpha value is -5.19. The molecule has 0 radical (unpaired) electrons. The highest BCUT2D eigenvalue weighted by atomic mass is 16.8. The zero-order valence-electron chi connectivity index (χ0n) is 62.2. The lowest BCUT2D eigenvalue weighted by atomic mass is 9.88. The number of aliphatic carboxylic acids is 2. The van der Waals surface area contributed by atoms with Gasteiger partial charge in [0.25, 0.3) is 11.6 Å². The molecule has 0 bridgehead atoms. The molecular weight excluding hydrogens is 1570 g/mol. The molecule has 42 atom stereocenters. The second kappa shape index (κ2) is 40.5. The molecule has 0 aliphatic carbocycles.